The van der Waals surface area contributed by atoms with Gasteiger partial charge in [-0.25, -0.2) is 9.97 Å². The van der Waals surface area contributed by atoms with E-state index in [1.807, 2.05) is 19.1 Å². The van der Waals surface area contributed by atoms with Gasteiger partial charge in [0.15, 0.2) is 0 Å². The van der Waals surface area contributed by atoms with Gasteiger partial charge in [-0.15, -0.1) is 0 Å². The topological polar surface area (TPSA) is 59.3 Å². The average Bonchev–Trinajstić information content (AvgIpc) is 2.81. The number of pyridine rings is 2. The Morgan fingerprint density at radius 3 is 2.58 bits per heavy atom. The van der Waals surface area contributed by atoms with Crippen LogP contribution in [-0.4, -0.2) is 20.3 Å². The molecule has 0 spiro atoms. The van der Waals surface area contributed by atoms with Crippen LogP contribution in [0.4, 0.5) is 19.0 Å². The summed E-state index contributed by atoms with van der Waals surface area (Å²) in [6.45, 7) is 3.60. The Morgan fingerprint density at radius 1 is 1.21 bits per heavy atom. The predicted molar refractivity (Wildman–Crippen MR) is 81.9 cm³/mol. The summed E-state index contributed by atoms with van der Waals surface area (Å²) >= 11 is 0. The van der Waals surface area contributed by atoms with Crippen LogP contribution in [0.2, 0.25) is 0 Å². The number of amides is 1. The van der Waals surface area contributed by atoms with E-state index in [0.29, 0.717) is 23.2 Å². The number of halogens is 3. The van der Waals surface area contributed by atoms with Crippen molar-refractivity contribution in [2.24, 2.45) is 0 Å². The average molecular weight is 334 g/mol. The van der Waals surface area contributed by atoms with E-state index in [9.17, 15) is 18.0 Å². The molecule has 0 saturated heterocycles. The molecular formula is C16H13F3N4O. The maximum absolute atomic E-state index is 12.5. The highest BCUT2D eigenvalue weighted by Crippen LogP contribution is 2.29. The monoisotopic (exact) mass is 334 g/mol. The number of nitrogens with one attached hydrogen (secondary N) is 1. The van der Waals surface area contributed by atoms with E-state index in [1.165, 1.54) is 0 Å². The van der Waals surface area contributed by atoms with Crippen LogP contribution in [0.15, 0.2) is 36.7 Å². The van der Waals surface area contributed by atoms with Gasteiger partial charge < -0.3 is 5.32 Å². The van der Waals surface area contributed by atoms with Crippen LogP contribution < -0.4 is 5.32 Å². The van der Waals surface area contributed by atoms with Crippen molar-refractivity contribution in [3.8, 4) is 0 Å². The maximum atomic E-state index is 12.5. The van der Waals surface area contributed by atoms with E-state index in [2.05, 4.69) is 15.3 Å². The van der Waals surface area contributed by atoms with Crippen molar-refractivity contribution < 1.29 is 18.0 Å². The minimum Gasteiger partial charge on any atom is -0.305 e. The van der Waals surface area contributed by atoms with E-state index >= 15 is 0 Å². The summed E-state index contributed by atoms with van der Waals surface area (Å²) in [7, 11) is 0. The second-order valence-corrected chi connectivity index (χ2v) is 5.36. The lowest BCUT2D eigenvalue weighted by molar-refractivity contribution is -0.137. The maximum Gasteiger partial charge on any atom is 0.417 e. The zero-order chi connectivity index (χ0) is 17.5. The van der Waals surface area contributed by atoms with Crippen molar-refractivity contribution in [2.45, 2.75) is 20.0 Å². The third kappa shape index (κ3) is 2.94. The van der Waals surface area contributed by atoms with Gasteiger partial charge in [0, 0.05) is 12.4 Å². The summed E-state index contributed by atoms with van der Waals surface area (Å²) in [4.78, 5) is 20.4. The first-order valence-corrected chi connectivity index (χ1v) is 7.05. The summed E-state index contributed by atoms with van der Waals surface area (Å²) in [5.74, 6) is -0.453. The fraction of sp³-hybridized carbons (Fsp3) is 0.188. The third-order valence-electron chi connectivity index (χ3n) is 3.50. The fourth-order valence-electron chi connectivity index (χ4n) is 2.35. The summed E-state index contributed by atoms with van der Waals surface area (Å²) in [6, 6.07) is 5.65. The van der Waals surface area contributed by atoms with E-state index in [-0.39, 0.29) is 5.82 Å². The van der Waals surface area contributed by atoms with Crippen molar-refractivity contribution >= 4 is 17.4 Å². The van der Waals surface area contributed by atoms with Crippen molar-refractivity contribution in [3.05, 3.63) is 59.2 Å². The Morgan fingerprint density at radius 2 is 1.96 bits per heavy atom. The minimum atomic E-state index is -4.47. The molecule has 1 amide bonds. The third-order valence-corrected chi connectivity index (χ3v) is 3.50. The van der Waals surface area contributed by atoms with E-state index in [4.69, 9.17) is 0 Å². The van der Waals surface area contributed by atoms with Gasteiger partial charge in [0.2, 0.25) is 0 Å². The molecule has 0 bridgehead atoms. The number of imidazole rings is 1. The van der Waals surface area contributed by atoms with Crippen LogP contribution >= 0.6 is 0 Å². The zero-order valence-electron chi connectivity index (χ0n) is 12.8. The molecule has 0 aliphatic heterocycles. The first kappa shape index (κ1) is 16.0. The van der Waals surface area contributed by atoms with Gasteiger partial charge in [0.25, 0.3) is 5.91 Å². The molecule has 3 heterocycles. The second kappa shape index (κ2) is 5.63. The molecular weight excluding hydrogens is 321 g/mol. The Kier molecular flexibility index (Phi) is 3.75. The highest BCUT2D eigenvalue weighted by atomic mass is 19.4. The Labute approximate surface area is 135 Å². The molecule has 3 rings (SSSR count). The summed E-state index contributed by atoms with van der Waals surface area (Å²) in [6.07, 6.45) is -2.06. The molecule has 5 nitrogen and oxygen atoms in total. The molecule has 0 unspecified atom stereocenters. The van der Waals surface area contributed by atoms with Crippen LogP contribution in [0.1, 0.15) is 27.3 Å². The van der Waals surface area contributed by atoms with Gasteiger partial charge in [-0.1, -0.05) is 0 Å². The van der Waals surface area contributed by atoms with Crippen LogP contribution in [0.25, 0.3) is 5.65 Å². The molecule has 8 heteroatoms. The molecule has 0 aliphatic carbocycles. The molecule has 0 aliphatic rings. The first-order chi connectivity index (χ1) is 11.3. The van der Waals surface area contributed by atoms with E-state index in [0.717, 1.165) is 17.7 Å². The van der Waals surface area contributed by atoms with Crippen LogP contribution in [0.5, 0.6) is 0 Å². The van der Waals surface area contributed by atoms with Crippen LogP contribution in [-0.2, 0) is 6.18 Å². The molecule has 0 fully saturated rings. The summed E-state index contributed by atoms with van der Waals surface area (Å²) in [5, 5.41) is 2.49. The molecule has 24 heavy (non-hydrogen) atoms. The van der Waals surface area contributed by atoms with Crippen molar-refractivity contribution in [3.63, 3.8) is 0 Å². The van der Waals surface area contributed by atoms with E-state index in [1.54, 1.807) is 17.5 Å². The number of aryl methyl sites for hydroxylation is 2. The number of nitrogens with zero attached hydrogens (tertiary/aromatic N) is 3. The fourth-order valence-corrected chi connectivity index (χ4v) is 2.35. The molecule has 0 aromatic carbocycles. The number of rotatable bonds is 2. The van der Waals surface area contributed by atoms with Crippen molar-refractivity contribution in [1.29, 1.82) is 0 Å². The first-order valence-electron chi connectivity index (χ1n) is 7.05. The predicted octanol–water partition coefficient (Wildman–Crippen LogP) is 3.62. The number of anilines is 1. The SMILES string of the molecule is Cc1ccn2c(C(=O)Nc3ccc(C(F)(F)F)cn3)c(C)nc2c1. The second-order valence-electron chi connectivity index (χ2n) is 5.36. The van der Waals surface area contributed by atoms with Gasteiger partial charge >= 0.3 is 6.18 Å². The number of fused-ring (bicyclic) bond motifs is 1. The number of hydrogen-bond acceptors (Lipinski definition) is 3. The number of aromatic nitrogens is 3. The number of alkyl halides is 3. The highest BCUT2D eigenvalue weighted by Gasteiger charge is 2.30. The standard InChI is InChI=1S/C16H13F3N4O/c1-9-5-6-23-13(7-9)21-10(2)14(23)15(24)22-12-4-3-11(8-20-12)16(17,18)19/h3-8H,1-2H3,(H,20,22,24). The van der Waals surface area contributed by atoms with Gasteiger partial charge in [-0.3, -0.25) is 9.20 Å². The number of carbonyl (C=O) groups is 1. The van der Waals surface area contributed by atoms with Gasteiger partial charge in [-0.2, -0.15) is 13.2 Å². The quantitative estimate of drug-likeness (QED) is 0.779. The molecule has 3 aromatic heterocycles. The lowest BCUT2D eigenvalue weighted by atomic mass is 10.2. The molecule has 124 valence electrons. The van der Waals surface area contributed by atoms with Gasteiger partial charge in [0.1, 0.15) is 17.2 Å². The van der Waals surface area contributed by atoms with Crippen LogP contribution in [0, 0.1) is 13.8 Å². The lowest BCUT2D eigenvalue weighted by Crippen LogP contribution is -2.17. The highest BCUT2D eigenvalue weighted by molar-refractivity contribution is 6.04. The Balaban J connectivity index is 1.89. The molecule has 0 radical (unpaired) electrons. The lowest BCUT2D eigenvalue weighted by Gasteiger charge is -2.08. The van der Waals surface area contributed by atoms with Crippen LogP contribution in [0.3, 0.4) is 0 Å². The van der Waals surface area contributed by atoms with E-state index < -0.39 is 17.6 Å². The zero-order valence-corrected chi connectivity index (χ0v) is 12.8. The van der Waals surface area contributed by atoms with Gasteiger partial charge in [0.05, 0.1) is 11.3 Å². The molecule has 1 N–H and O–H groups in total. The van der Waals surface area contributed by atoms with Gasteiger partial charge in [-0.05, 0) is 43.7 Å². The summed E-state index contributed by atoms with van der Waals surface area (Å²) < 4.78 is 39.2. The number of hydrogen-bond donors (Lipinski definition) is 1. The normalized spacial score (nSPS) is 11.7. The van der Waals surface area contributed by atoms with Crippen molar-refractivity contribution in [1.82, 2.24) is 14.4 Å². The smallest absolute Gasteiger partial charge is 0.305 e. The Hall–Kier alpha value is -2.90. The van der Waals surface area contributed by atoms with Crippen molar-refractivity contribution in [2.75, 3.05) is 5.32 Å². The number of carbonyl (C=O) groups excluding carboxylic acids is 1. The minimum absolute atomic E-state index is 0.0365. The molecule has 0 atom stereocenters. The largest absolute Gasteiger partial charge is 0.417 e. The molecule has 0 saturated carbocycles. The summed E-state index contributed by atoms with van der Waals surface area (Å²) in [5.41, 5.74) is 1.58. The molecule has 3 aromatic rings. The Bertz CT molecular complexity index is 913.